The first-order valence-electron chi connectivity index (χ1n) is 7.14. The smallest absolute Gasteiger partial charge is 0.260 e. The van der Waals surface area contributed by atoms with Crippen LogP contribution in [0.25, 0.3) is 0 Å². The average Bonchev–Trinajstić information content (AvgIpc) is 2.41. The summed E-state index contributed by atoms with van der Waals surface area (Å²) in [6.45, 7) is 9.59. The molecule has 0 saturated carbocycles. The Hall–Kier alpha value is -1.62. The molecule has 116 valence electrons. The Morgan fingerprint density at radius 3 is 2.29 bits per heavy atom. The van der Waals surface area contributed by atoms with Gasteiger partial charge in [0, 0.05) is 11.6 Å². The first kappa shape index (κ1) is 17.4. The fourth-order valence-electron chi connectivity index (χ4n) is 1.97. The van der Waals surface area contributed by atoms with Gasteiger partial charge in [-0.05, 0) is 57.4 Å². The van der Waals surface area contributed by atoms with E-state index in [-0.39, 0.29) is 11.9 Å². The second kappa shape index (κ2) is 7.41. The Morgan fingerprint density at radius 1 is 1.33 bits per heavy atom. The molecule has 0 aromatic heterocycles. The lowest BCUT2D eigenvalue weighted by atomic mass is 10.1. The van der Waals surface area contributed by atoms with Gasteiger partial charge in [-0.15, -0.1) is 0 Å². The Labute approximate surface area is 132 Å². The molecule has 1 rings (SSSR count). The molecule has 2 unspecified atom stereocenters. The second-order valence-electron chi connectivity index (χ2n) is 5.38. The zero-order valence-electron chi connectivity index (χ0n) is 13.3. The second-order valence-corrected chi connectivity index (χ2v) is 5.82. The molecule has 2 atom stereocenters. The molecule has 0 aliphatic carbocycles. The molecular formula is C16H24N2O2S. The molecule has 0 aliphatic rings. The fourth-order valence-corrected chi connectivity index (χ4v) is 2.09. The van der Waals surface area contributed by atoms with Crippen LogP contribution in [0.1, 0.15) is 43.9 Å². The molecule has 1 amide bonds. The van der Waals surface area contributed by atoms with Gasteiger partial charge in [0.05, 0.1) is 0 Å². The van der Waals surface area contributed by atoms with Crippen molar-refractivity contribution in [1.29, 1.82) is 0 Å². The lowest BCUT2D eigenvalue weighted by Gasteiger charge is -2.20. The van der Waals surface area contributed by atoms with Crippen molar-refractivity contribution in [3.63, 3.8) is 0 Å². The van der Waals surface area contributed by atoms with Crippen LogP contribution in [0.15, 0.2) is 12.1 Å². The normalized spacial score (nSPS) is 13.4. The third-order valence-electron chi connectivity index (χ3n) is 3.41. The number of amides is 1. The Kier molecular flexibility index (Phi) is 6.15. The third-order valence-corrected chi connectivity index (χ3v) is 3.65. The minimum absolute atomic E-state index is 0.110. The van der Waals surface area contributed by atoms with Crippen LogP contribution in [0.4, 0.5) is 0 Å². The first-order valence-corrected chi connectivity index (χ1v) is 7.55. The number of ether oxygens (including phenoxy) is 1. The first-order chi connectivity index (χ1) is 9.76. The fraction of sp³-hybridized carbons (Fsp3) is 0.500. The maximum atomic E-state index is 12.0. The van der Waals surface area contributed by atoms with Crippen LogP contribution in [0.5, 0.6) is 5.75 Å². The molecule has 1 aromatic rings. The van der Waals surface area contributed by atoms with Gasteiger partial charge in [0.2, 0.25) is 0 Å². The third kappa shape index (κ3) is 4.70. The van der Waals surface area contributed by atoms with Gasteiger partial charge in [-0.3, -0.25) is 4.79 Å². The van der Waals surface area contributed by atoms with E-state index in [1.165, 1.54) is 0 Å². The van der Waals surface area contributed by atoms with Crippen LogP contribution >= 0.6 is 12.2 Å². The summed E-state index contributed by atoms with van der Waals surface area (Å²) >= 11 is 4.99. The van der Waals surface area contributed by atoms with Gasteiger partial charge in [-0.2, -0.15) is 0 Å². The van der Waals surface area contributed by atoms with Crippen molar-refractivity contribution in [2.45, 2.75) is 53.2 Å². The van der Waals surface area contributed by atoms with Gasteiger partial charge in [0.1, 0.15) is 10.7 Å². The lowest BCUT2D eigenvalue weighted by molar-refractivity contribution is -0.127. The predicted molar refractivity (Wildman–Crippen MR) is 89.8 cm³/mol. The highest BCUT2D eigenvalue weighted by molar-refractivity contribution is 7.80. The molecule has 0 saturated heterocycles. The summed E-state index contributed by atoms with van der Waals surface area (Å²) in [6, 6.07) is 3.90. The highest BCUT2D eigenvalue weighted by atomic mass is 32.1. The van der Waals surface area contributed by atoms with Gasteiger partial charge in [0.15, 0.2) is 6.10 Å². The average molecular weight is 308 g/mol. The Morgan fingerprint density at radius 2 is 1.86 bits per heavy atom. The standard InChI is InChI=1S/C16H24N2O2S/c1-6-11(4)18-16(19)12(5)20-14-9(2)7-13(15(17)21)8-10(14)3/h7-8,11-12H,6H2,1-5H3,(H2,17,21)(H,18,19). The Bertz CT molecular complexity index is 520. The number of aryl methyl sites for hydroxylation is 2. The van der Waals surface area contributed by atoms with E-state index in [1.54, 1.807) is 6.92 Å². The van der Waals surface area contributed by atoms with Crippen molar-refractivity contribution in [2.24, 2.45) is 5.73 Å². The molecule has 0 spiro atoms. The summed E-state index contributed by atoms with van der Waals surface area (Å²) in [5.41, 5.74) is 8.29. The molecule has 1 aromatic carbocycles. The minimum atomic E-state index is -0.549. The number of carbonyl (C=O) groups is 1. The molecule has 0 fully saturated rings. The SMILES string of the molecule is CCC(C)NC(=O)C(C)Oc1c(C)cc(C(N)=S)cc1C. The van der Waals surface area contributed by atoms with Crippen molar-refractivity contribution in [2.75, 3.05) is 0 Å². The zero-order valence-corrected chi connectivity index (χ0v) is 14.1. The van der Waals surface area contributed by atoms with Crippen LogP contribution in [-0.4, -0.2) is 23.0 Å². The van der Waals surface area contributed by atoms with Crippen molar-refractivity contribution in [3.05, 3.63) is 28.8 Å². The summed E-state index contributed by atoms with van der Waals surface area (Å²) in [7, 11) is 0. The maximum Gasteiger partial charge on any atom is 0.260 e. The van der Waals surface area contributed by atoms with Crippen molar-refractivity contribution < 1.29 is 9.53 Å². The largest absolute Gasteiger partial charge is 0.480 e. The summed E-state index contributed by atoms with van der Waals surface area (Å²) in [5, 5.41) is 2.91. The predicted octanol–water partition coefficient (Wildman–Crippen LogP) is 2.62. The number of thiocarbonyl (C=S) groups is 1. The minimum Gasteiger partial charge on any atom is -0.480 e. The molecule has 4 nitrogen and oxygen atoms in total. The van der Waals surface area contributed by atoms with E-state index in [0.29, 0.717) is 10.7 Å². The van der Waals surface area contributed by atoms with Gasteiger partial charge in [-0.25, -0.2) is 0 Å². The molecule has 0 heterocycles. The van der Waals surface area contributed by atoms with Crippen LogP contribution < -0.4 is 15.8 Å². The number of rotatable bonds is 6. The molecule has 0 aliphatic heterocycles. The maximum absolute atomic E-state index is 12.0. The van der Waals surface area contributed by atoms with E-state index in [0.717, 1.165) is 23.1 Å². The number of nitrogens with one attached hydrogen (secondary N) is 1. The number of benzene rings is 1. The summed E-state index contributed by atoms with van der Waals surface area (Å²) in [5.74, 6) is 0.600. The van der Waals surface area contributed by atoms with E-state index < -0.39 is 6.10 Å². The Balaban J connectivity index is 2.88. The van der Waals surface area contributed by atoms with Crippen molar-refractivity contribution >= 4 is 23.1 Å². The van der Waals surface area contributed by atoms with Gasteiger partial charge in [-0.1, -0.05) is 19.1 Å². The summed E-state index contributed by atoms with van der Waals surface area (Å²) in [6.07, 6.45) is 0.339. The molecular weight excluding hydrogens is 284 g/mol. The van der Waals surface area contributed by atoms with Crippen LogP contribution in [0, 0.1) is 13.8 Å². The van der Waals surface area contributed by atoms with E-state index in [9.17, 15) is 4.79 Å². The van der Waals surface area contributed by atoms with Crippen molar-refractivity contribution in [1.82, 2.24) is 5.32 Å². The number of carbonyl (C=O) groups excluding carboxylic acids is 1. The topological polar surface area (TPSA) is 64.3 Å². The monoisotopic (exact) mass is 308 g/mol. The van der Waals surface area contributed by atoms with Gasteiger partial charge < -0.3 is 15.8 Å². The summed E-state index contributed by atoms with van der Waals surface area (Å²) < 4.78 is 5.82. The lowest BCUT2D eigenvalue weighted by Crippen LogP contribution is -2.41. The van der Waals surface area contributed by atoms with Crippen LogP contribution in [0.3, 0.4) is 0 Å². The van der Waals surface area contributed by atoms with Gasteiger partial charge >= 0.3 is 0 Å². The highest BCUT2D eigenvalue weighted by Crippen LogP contribution is 2.26. The molecule has 5 heteroatoms. The number of hydrogen-bond donors (Lipinski definition) is 2. The zero-order chi connectivity index (χ0) is 16.2. The van der Waals surface area contributed by atoms with E-state index in [2.05, 4.69) is 5.32 Å². The van der Waals surface area contributed by atoms with Gasteiger partial charge in [0.25, 0.3) is 5.91 Å². The molecule has 3 N–H and O–H groups in total. The number of hydrogen-bond acceptors (Lipinski definition) is 3. The number of nitrogens with two attached hydrogens (primary N) is 1. The highest BCUT2D eigenvalue weighted by Gasteiger charge is 2.18. The van der Waals surface area contributed by atoms with Crippen LogP contribution in [-0.2, 0) is 4.79 Å². The van der Waals surface area contributed by atoms with E-state index in [1.807, 2.05) is 39.8 Å². The molecule has 0 radical (unpaired) electrons. The molecule has 21 heavy (non-hydrogen) atoms. The quantitative estimate of drug-likeness (QED) is 0.793. The summed E-state index contributed by atoms with van der Waals surface area (Å²) in [4.78, 5) is 12.4. The van der Waals surface area contributed by atoms with Crippen molar-refractivity contribution in [3.8, 4) is 5.75 Å². The van der Waals surface area contributed by atoms with E-state index in [4.69, 9.17) is 22.7 Å². The van der Waals surface area contributed by atoms with Crippen LogP contribution in [0.2, 0.25) is 0 Å². The van der Waals surface area contributed by atoms with E-state index >= 15 is 0 Å². The molecule has 0 bridgehead atoms.